The molecule has 1 aromatic carbocycles. The number of anilines is 1. The van der Waals surface area contributed by atoms with Crippen molar-refractivity contribution in [3.8, 4) is 0 Å². The van der Waals surface area contributed by atoms with Crippen LogP contribution in [0.25, 0.3) is 0 Å². The Kier molecular flexibility index (Phi) is 6.03. The molecule has 146 valence electrons. The van der Waals surface area contributed by atoms with E-state index in [2.05, 4.69) is 10.6 Å². The number of rotatable bonds is 7. The van der Waals surface area contributed by atoms with Crippen molar-refractivity contribution in [1.29, 1.82) is 0 Å². The number of nitrogens with one attached hydrogen (secondary N) is 2. The molecule has 2 N–H and O–H groups in total. The first-order valence-electron chi connectivity index (χ1n) is 9.08. The number of esters is 1. The van der Waals surface area contributed by atoms with Crippen molar-refractivity contribution >= 4 is 23.5 Å². The molecule has 0 aliphatic heterocycles. The minimum Gasteiger partial charge on any atom is -0.456 e. The number of hydrogen-bond donors (Lipinski definition) is 2. The number of carbonyl (C=O) groups is 3. The summed E-state index contributed by atoms with van der Waals surface area (Å²) in [6.07, 6.45) is 5.04. The van der Waals surface area contributed by atoms with E-state index in [9.17, 15) is 23.2 Å². The molecule has 0 aromatic heterocycles. The Morgan fingerprint density at radius 1 is 1.07 bits per heavy atom. The summed E-state index contributed by atoms with van der Waals surface area (Å²) in [5, 5.41) is 4.63. The van der Waals surface area contributed by atoms with E-state index >= 15 is 0 Å². The quantitative estimate of drug-likeness (QED) is 0.712. The zero-order valence-corrected chi connectivity index (χ0v) is 14.8. The summed E-state index contributed by atoms with van der Waals surface area (Å²) in [5.41, 5.74) is 0.0745. The van der Waals surface area contributed by atoms with Crippen molar-refractivity contribution < 1.29 is 27.9 Å². The highest BCUT2D eigenvalue weighted by molar-refractivity contribution is 5.94. The van der Waals surface area contributed by atoms with Gasteiger partial charge in [0, 0.05) is 18.2 Å². The second-order valence-corrected chi connectivity index (χ2v) is 7.25. The third-order valence-electron chi connectivity index (χ3n) is 5.33. The van der Waals surface area contributed by atoms with Gasteiger partial charge in [0.15, 0.2) is 18.2 Å². The lowest BCUT2D eigenvalue weighted by Gasteiger charge is -2.20. The van der Waals surface area contributed by atoms with E-state index in [1.54, 1.807) is 0 Å². The molecule has 8 heteroatoms. The fraction of sp³-hybridized carbons (Fsp3) is 0.526. The second-order valence-electron chi connectivity index (χ2n) is 7.25. The summed E-state index contributed by atoms with van der Waals surface area (Å²) in [6, 6.07) is 2.93. The van der Waals surface area contributed by atoms with Gasteiger partial charge in [-0.3, -0.25) is 14.4 Å². The predicted octanol–water partition coefficient (Wildman–Crippen LogP) is 2.39. The maximum atomic E-state index is 13.1. The molecule has 2 aliphatic carbocycles. The Bertz CT molecular complexity index is 740. The van der Waals surface area contributed by atoms with E-state index in [1.807, 2.05) is 0 Å². The molecule has 2 bridgehead atoms. The standard InChI is InChI=1S/C19H22F2N2O4/c20-15-4-3-14(8-16(15)21)23-17(24)9-22-18(25)10-27-19(26)7-13-6-11-1-2-12(13)5-11/h3-4,8,11-13H,1-2,5-7,9-10H2,(H,22,25)(H,23,24)/t11-,12-,13-/m1/s1. The summed E-state index contributed by atoms with van der Waals surface area (Å²) < 4.78 is 30.9. The van der Waals surface area contributed by atoms with Crippen LogP contribution in [0.15, 0.2) is 18.2 Å². The van der Waals surface area contributed by atoms with Crippen LogP contribution in [0.1, 0.15) is 32.1 Å². The SMILES string of the molecule is O=C(COC(=O)C[C@H]1C[C@@H]2CC[C@@H]1C2)NCC(=O)Nc1ccc(F)c(F)c1. The van der Waals surface area contributed by atoms with E-state index in [4.69, 9.17) is 4.74 Å². The summed E-state index contributed by atoms with van der Waals surface area (Å²) in [4.78, 5) is 35.3. The van der Waals surface area contributed by atoms with E-state index in [0.717, 1.165) is 24.5 Å². The van der Waals surface area contributed by atoms with Gasteiger partial charge in [-0.05, 0) is 49.1 Å². The van der Waals surface area contributed by atoms with Crippen LogP contribution in [-0.2, 0) is 19.1 Å². The largest absolute Gasteiger partial charge is 0.456 e. The molecule has 2 saturated carbocycles. The number of ether oxygens (including phenoxy) is 1. The average molecular weight is 380 g/mol. The molecule has 2 aliphatic rings. The Morgan fingerprint density at radius 2 is 1.89 bits per heavy atom. The van der Waals surface area contributed by atoms with Crippen molar-refractivity contribution in [3.63, 3.8) is 0 Å². The number of carbonyl (C=O) groups excluding carboxylic acids is 3. The zero-order chi connectivity index (χ0) is 19.4. The number of benzene rings is 1. The van der Waals surface area contributed by atoms with Crippen LogP contribution in [0.3, 0.4) is 0 Å². The molecule has 1 aromatic rings. The second kappa shape index (κ2) is 8.45. The fourth-order valence-electron chi connectivity index (χ4n) is 4.05. The first-order valence-corrected chi connectivity index (χ1v) is 9.08. The van der Waals surface area contributed by atoms with E-state index in [1.165, 1.54) is 25.3 Å². The molecule has 0 heterocycles. The molecular formula is C19H22F2N2O4. The third-order valence-corrected chi connectivity index (χ3v) is 5.33. The van der Waals surface area contributed by atoms with E-state index < -0.39 is 36.0 Å². The Morgan fingerprint density at radius 3 is 2.56 bits per heavy atom. The Hall–Kier alpha value is -2.51. The van der Waals surface area contributed by atoms with Gasteiger partial charge in [-0.25, -0.2) is 8.78 Å². The predicted molar refractivity (Wildman–Crippen MR) is 92.5 cm³/mol. The first-order chi connectivity index (χ1) is 12.9. The number of fused-ring (bicyclic) bond motifs is 2. The molecule has 0 unspecified atom stereocenters. The molecule has 3 rings (SSSR count). The smallest absolute Gasteiger partial charge is 0.306 e. The average Bonchev–Trinajstić information content (AvgIpc) is 3.24. The highest BCUT2D eigenvalue weighted by Gasteiger charge is 2.40. The molecular weight excluding hydrogens is 358 g/mol. The van der Waals surface area contributed by atoms with Crippen molar-refractivity contribution in [2.75, 3.05) is 18.5 Å². The summed E-state index contributed by atoms with van der Waals surface area (Å²) in [7, 11) is 0. The molecule has 2 amide bonds. The van der Waals surface area contributed by atoms with Crippen LogP contribution in [0.5, 0.6) is 0 Å². The lowest BCUT2D eigenvalue weighted by atomic mass is 9.86. The monoisotopic (exact) mass is 380 g/mol. The molecule has 0 spiro atoms. The minimum absolute atomic E-state index is 0.0745. The highest BCUT2D eigenvalue weighted by Crippen LogP contribution is 2.49. The number of halogens is 2. The van der Waals surface area contributed by atoms with Crippen LogP contribution in [0, 0.1) is 29.4 Å². The molecule has 0 radical (unpaired) electrons. The molecule has 27 heavy (non-hydrogen) atoms. The maximum absolute atomic E-state index is 13.1. The van der Waals surface area contributed by atoms with Gasteiger partial charge >= 0.3 is 5.97 Å². The van der Waals surface area contributed by atoms with E-state index in [0.29, 0.717) is 18.3 Å². The molecule has 0 saturated heterocycles. The highest BCUT2D eigenvalue weighted by atomic mass is 19.2. The van der Waals surface area contributed by atoms with Gasteiger partial charge in [0.05, 0.1) is 6.54 Å². The van der Waals surface area contributed by atoms with Gasteiger partial charge in [0.1, 0.15) is 0 Å². The Balaban J connectivity index is 1.32. The number of hydrogen-bond acceptors (Lipinski definition) is 4. The molecule has 3 atom stereocenters. The minimum atomic E-state index is -1.08. The summed E-state index contributed by atoms with van der Waals surface area (Å²) in [6.45, 7) is -0.820. The van der Waals surface area contributed by atoms with Gasteiger partial charge < -0.3 is 15.4 Å². The van der Waals surface area contributed by atoms with Crippen molar-refractivity contribution in [2.24, 2.45) is 17.8 Å². The van der Waals surface area contributed by atoms with Gasteiger partial charge in [-0.15, -0.1) is 0 Å². The van der Waals surface area contributed by atoms with Gasteiger partial charge in [-0.1, -0.05) is 6.42 Å². The summed E-state index contributed by atoms with van der Waals surface area (Å²) in [5.74, 6) is -2.00. The van der Waals surface area contributed by atoms with Crippen molar-refractivity contribution in [3.05, 3.63) is 29.8 Å². The topological polar surface area (TPSA) is 84.5 Å². The van der Waals surface area contributed by atoms with Crippen LogP contribution >= 0.6 is 0 Å². The normalized spacial score (nSPS) is 23.1. The van der Waals surface area contributed by atoms with Gasteiger partial charge in [0.2, 0.25) is 5.91 Å². The lowest BCUT2D eigenvalue weighted by molar-refractivity contribution is -0.149. The van der Waals surface area contributed by atoms with Crippen molar-refractivity contribution in [2.45, 2.75) is 32.1 Å². The van der Waals surface area contributed by atoms with Crippen LogP contribution in [0.2, 0.25) is 0 Å². The fourth-order valence-corrected chi connectivity index (χ4v) is 4.05. The lowest BCUT2D eigenvalue weighted by Crippen LogP contribution is -2.35. The van der Waals surface area contributed by atoms with Crippen LogP contribution < -0.4 is 10.6 Å². The van der Waals surface area contributed by atoms with Crippen LogP contribution in [-0.4, -0.2) is 30.9 Å². The van der Waals surface area contributed by atoms with Gasteiger partial charge in [0.25, 0.3) is 5.91 Å². The maximum Gasteiger partial charge on any atom is 0.306 e. The number of amides is 2. The van der Waals surface area contributed by atoms with E-state index in [-0.39, 0.29) is 12.2 Å². The van der Waals surface area contributed by atoms with Crippen LogP contribution in [0.4, 0.5) is 14.5 Å². The van der Waals surface area contributed by atoms with Crippen molar-refractivity contribution in [1.82, 2.24) is 5.32 Å². The molecule has 6 nitrogen and oxygen atoms in total. The third kappa shape index (κ3) is 5.24. The first kappa shape index (κ1) is 19.3. The van der Waals surface area contributed by atoms with Gasteiger partial charge in [-0.2, -0.15) is 0 Å². The zero-order valence-electron chi connectivity index (χ0n) is 14.8. The Labute approximate surface area is 155 Å². The summed E-state index contributed by atoms with van der Waals surface area (Å²) >= 11 is 0. The molecule has 2 fully saturated rings.